The SMILES string of the molecule is COC(=O)c1ccc(Nc2cc(C(=O)NCCC(C)C)ncn2)cc1. The summed E-state index contributed by atoms with van der Waals surface area (Å²) >= 11 is 0. The largest absolute Gasteiger partial charge is 0.465 e. The third kappa shape index (κ3) is 5.56. The second kappa shape index (κ2) is 8.77. The normalized spacial score (nSPS) is 10.4. The molecule has 1 aromatic carbocycles. The van der Waals surface area contributed by atoms with E-state index >= 15 is 0 Å². The zero-order valence-corrected chi connectivity index (χ0v) is 14.6. The van der Waals surface area contributed by atoms with Gasteiger partial charge >= 0.3 is 5.97 Å². The molecule has 0 saturated carbocycles. The van der Waals surface area contributed by atoms with Gasteiger partial charge in [-0.2, -0.15) is 0 Å². The van der Waals surface area contributed by atoms with Crippen LogP contribution < -0.4 is 10.6 Å². The highest BCUT2D eigenvalue weighted by atomic mass is 16.5. The maximum Gasteiger partial charge on any atom is 0.337 e. The molecule has 0 aliphatic heterocycles. The van der Waals surface area contributed by atoms with Crippen molar-refractivity contribution < 1.29 is 14.3 Å². The number of ether oxygens (including phenoxy) is 1. The van der Waals surface area contributed by atoms with Gasteiger partial charge < -0.3 is 15.4 Å². The van der Waals surface area contributed by atoms with Gasteiger partial charge in [-0.25, -0.2) is 14.8 Å². The topological polar surface area (TPSA) is 93.2 Å². The van der Waals surface area contributed by atoms with E-state index in [0.29, 0.717) is 29.5 Å². The van der Waals surface area contributed by atoms with Crippen molar-refractivity contribution in [1.82, 2.24) is 15.3 Å². The fraction of sp³-hybridized carbons (Fsp3) is 0.333. The van der Waals surface area contributed by atoms with Crippen LogP contribution in [-0.2, 0) is 4.74 Å². The van der Waals surface area contributed by atoms with Gasteiger partial charge in [0.25, 0.3) is 5.91 Å². The quantitative estimate of drug-likeness (QED) is 0.752. The number of nitrogens with one attached hydrogen (secondary N) is 2. The van der Waals surface area contributed by atoms with E-state index < -0.39 is 5.97 Å². The zero-order chi connectivity index (χ0) is 18.2. The lowest BCUT2D eigenvalue weighted by Gasteiger charge is -2.09. The minimum atomic E-state index is -0.394. The van der Waals surface area contributed by atoms with E-state index in [0.717, 1.165) is 12.1 Å². The van der Waals surface area contributed by atoms with Gasteiger partial charge in [0.1, 0.15) is 17.8 Å². The zero-order valence-electron chi connectivity index (χ0n) is 14.6. The molecular formula is C18H22N4O3. The molecule has 2 aromatic rings. The Kier molecular flexibility index (Phi) is 6.45. The molecule has 0 atom stereocenters. The lowest BCUT2D eigenvalue weighted by Crippen LogP contribution is -2.26. The highest BCUT2D eigenvalue weighted by molar-refractivity contribution is 5.93. The first kappa shape index (κ1) is 18.4. The number of esters is 1. The smallest absolute Gasteiger partial charge is 0.337 e. The predicted molar refractivity (Wildman–Crippen MR) is 94.9 cm³/mol. The number of aromatic nitrogens is 2. The summed E-state index contributed by atoms with van der Waals surface area (Å²) < 4.78 is 4.66. The standard InChI is InChI=1S/C18H22N4O3/c1-12(2)8-9-19-17(23)15-10-16(21-11-20-15)22-14-6-4-13(5-7-14)18(24)25-3/h4-7,10-12H,8-9H2,1-3H3,(H,19,23)(H,20,21,22). The van der Waals surface area contributed by atoms with Gasteiger partial charge in [0, 0.05) is 18.3 Å². The molecule has 2 N–H and O–H groups in total. The molecule has 0 radical (unpaired) electrons. The van der Waals surface area contributed by atoms with E-state index in [1.807, 2.05) is 0 Å². The van der Waals surface area contributed by atoms with Crippen molar-refractivity contribution >= 4 is 23.4 Å². The Morgan fingerprint density at radius 2 is 1.88 bits per heavy atom. The average Bonchev–Trinajstić information content (AvgIpc) is 2.61. The number of amides is 1. The number of benzene rings is 1. The van der Waals surface area contributed by atoms with Gasteiger partial charge in [-0.15, -0.1) is 0 Å². The molecule has 7 heteroatoms. The number of methoxy groups -OCH3 is 1. The number of anilines is 2. The summed E-state index contributed by atoms with van der Waals surface area (Å²) in [6, 6.07) is 8.34. The summed E-state index contributed by atoms with van der Waals surface area (Å²) in [5, 5.41) is 5.91. The van der Waals surface area contributed by atoms with Crippen molar-refractivity contribution in [2.75, 3.05) is 19.0 Å². The number of rotatable bonds is 7. The molecule has 1 amide bonds. The van der Waals surface area contributed by atoms with Gasteiger partial charge in [0.15, 0.2) is 0 Å². The average molecular weight is 342 g/mol. The monoisotopic (exact) mass is 342 g/mol. The fourth-order valence-corrected chi connectivity index (χ4v) is 2.07. The molecule has 132 valence electrons. The van der Waals surface area contributed by atoms with Crippen molar-refractivity contribution in [3.63, 3.8) is 0 Å². The van der Waals surface area contributed by atoms with Crippen molar-refractivity contribution in [3.05, 3.63) is 47.9 Å². The Morgan fingerprint density at radius 1 is 1.16 bits per heavy atom. The summed E-state index contributed by atoms with van der Waals surface area (Å²) in [4.78, 5) is 31.6. The molecule has 0 unspecified atom stereocenters. The van der Waals surface area contributed by atoms with Gasteiger partial charge in [0.05, 0.1) is 12.7 Å². The highest BCUT2D eigenvalue weighted by Gasteiger charge is 2.09. The van der Waals surface area contributed by atoms with E-state index in [1.54, 1.807) is 30.3 Å². The molecule has 0 aliphatic carbocycles. The van der Waals surface area contributed by atoms with Crippen LogP contribution in [0.2, 0.25) is 0 Å². The summed E-state index contributed by atoms with van der Waals surface area (Å²) in [5.41, 5.74) is 1.49. The first-order valence-corrected chi connectivity index (χ1v) is 8.05. The van der Waals surface area contributed by atoms with Crippen molar-refractivity contribution in [2.45, 2.75) is 20.3 Å². The molecule has 0 bridgehead atoms. The van der Waals surface area contributed by atoms with Gasteiger partial charge in [-0.1, -0.05) is 13.8 Å². The number of hydrogen-bond donors (Lipinski definition) is 2. The first-order valence-electron chi connectivity index (χ1n) is 8.05. The van der Waals surface area contributed by atoms with Crippen LogP contribution in [0.3, 0.4) is 0 Å². The molecule has 25 heavy (non-hydrogen) atoms. The van der Waals surface area contributed by atoms with Crippen LogP contribution in [0.1, 0.15) is 41.1 Å². The van der Waals surface area contributed by atoms with Crippen molar-refractivity contribution in [3.8, 4) is 0 Å². The fourth-order valence-electron chi connectivity index (χ4n) is 2.07. The molecule has 2 rings (SSSR count). The van der Waals surface area contributed by atoms with Gasteiger partial charge in [0.2, 0.25) is 0 Å². The lowest BCUT2D eigenvalue weighted by atomic mass is 10.1. The maximum absolute atomic E-state index is 12.1. The van der Waals surface area contributed by atoms with Crippen LogP contribution in [0.4, 0.5) is 11.5 Å². The number of nitrogens with zero attached hydrogens (tertiary/aromatic N) is 2. The summed E-state index contributed by atoms with van der Waals surface area (Å²) in [5.74, 6) is 0.395. The van der Waals surface area contributed by atoms with Crippen LogP contribution in [0, 0.1) is 5.92 Å². The minimum Gasteiger partial charge on any atom is -0.465 e. The molecular weight excluding hydrogens is 320 g/mol. The molecule has 0 saturated heterocycles. The molecule has 1 heterocycles. The Hall–Kier alpha value is -2.96. The summed E-state index contributed by atoms with van der Waals surface area (Å²) in [6.45, 7) is 4.81. The van der Waals surface area contributed by atoms with E-state index in [9.17, 15) is 9.59 Å². The van der Waals surface area contributed by atoms with Crippen LogP contribution >= 0.6 is 0 Å². The Labute approximate surface area is 146 Å². The summed E-state index contributed by atoms with van der Waals surface area (Å²) in [7, 11) is 1.34. The van der Waals surface area contributed by atoms with E-state index in [2.05, 4.69) is 39.2 Å². The third-order valence-electron chi connectivity index (χ3n) is 3.49. The van der Waals surface area contributed by atoms with Crippen LogP contribution in [0.25, 0.3) is 0 Å². The maximum atomic E-state index is 12.1. The third-order valence-corrected chi connectivity index (χ3v) is 3.49. The van der Waals surface area contributed by atoms with E-state index in [1.165, 1.54) is 13.4 Å². The Bertz CT molecular complexity index is 729. The van der Waals surface area contributed by atoms with E-state index in [4.69, 9.17) is 0 Å². The molecule has 0 aliphatic rings. The van der Waals surface area contributed by atoms with Gasteiger partial charge in [-0.3, -0.25) is 4.79 Å². The minimum absolute atomic E-state index is 0.230. The summed E-state index contributed by atoms with van der Waals surface area (Å²) in [6.07, 6.45) is 2.25. The molecule has 7 nitrogen and oxygen atoms in total. The predicted octanol–water partition coefficient (Wildman–Crippen LogP) is 2.78. The van der Waals surface area contributed by atoms with Crippen molar-refractivity contribution in [2.24, 2.45) is 5.92 Å². The Balaban J connectivity index is 2.01. The van der Waals surface area contributed by atoms with E-state index in [-0.39, 0.29) is 5.91 Å². The number of carbonyl (C=O) groups is 2. The Morgan fingerprint density at radius 3 is 2.52 bits per heavy atom. The van der Waals surface area contributed by atoms with Crippen molar-refractivity contribution in [1.29, 1.82) is 0 Å². The first-order chi connectivity index (χ1) is 12.0. The second-order valence-corrected chi connectivity index (χ2v) is 5.92. The molecule has 1 aromatic heterocycles. The highest BCUT2D eigenvalue weighted by Crippen LogP contribution is 2.16. The van der Waals surface area contributed by atoms with Crippen LogP contribution in [0.15, 0.2) is 36.7 Å². The number of carbonyl (C=O) groups excluding carboxylic acids is 2. The molecule has 0 fully saturated rings. The number of hydrogen-bond acceptors (Lipinski definition) is 6. The second-order valence-electron chi connectivity index (χ2n) is 5.92. The molecule has 0 spiro atoms. The van der Waals surface area contributed by atoms with Crippen LogP contribution in [-0.4, -0.2) is 35.5 Å². The lowest BCUT2D eigenvalue weighted by molar-refractivity contribution is 0.0600. The van der Waals surface area contributed by atoms with Gasteiger partial charge in [-0.05, 0) is 36.6 Å². The van der Waals surface area contributed by atoms with Crippen LogP contribution in [0.5, 0.6) is 0 Å².